The van der Waals surface area contributed by atoms with Crippen molar-refractivity contribution >= 4 is 33.6 Å². The van der Waals surface area contributed by atoms with Crippen LogP contribution in [0.5, 0.6) is 0 Å². The van der Waals surface area contributed by atoms with Gasteiger partial charge in [0.15, 0.2) is 5.82 Å². The number of nitrogens with zero attached hydrogens (tertiary/aromatic N) is 1. The molecule has 0 unspecified atom stereocenters. The van der Waals surface area contributed by atoms with Gasteiger partial charge >= 0.3 is 16.2 Å². The molecule has 0 aliphatic carbocycles. The molecule has 106 valence electrons. The van der Waals surface area contributed by atoms with E-state index in [0.717, 1.165) is 0 Å². The van der Waals surface area contributed by atoms with Crippen LogP contribution in [0.3, 0.4) is 0 Å². The molecule has 0 fully saturated rings. The Morgan fingerprint density at radius 1 is 1.47 bits per heavy atom. The van der Waals surface area contributed by atoms with Crippen molar-refractivity contribution in [2.45, 2.75) is 19.9 Å². The molecule has 9 heteroatoms. The Morgan fingerprint density at radius 3 is 2.63 bits per heavy atom. The van der Waals surface area contributed by atoms with Crippen LogP contribution in [0.1, 0.15) is 24.2 Å². The van der Waals surface area contributed by atoms with E-state index in [9.17, 15) is 13.2 Å². The SMILES string of the molecule is COC(=O)c1cc(Cl)cnc1NS(=O)(=O)NC(C)C. The predicted molar refractivity (Wildman–Crippen MR) is 71.4 cm³/mol. The maximum atomic E-state index is 11.7. The Hall–Kier alpha value is -1.38. The largest absolute Gasteiger partial charge is 0.465 e. The first-order valence-electron chi connectivity index (χ1n) is 5.29. The Kier molecular flexibility index (Phi) is 5.10. The number of hydrogen-bond acceptors (Lipinski definition) is 5. The molecule has 2 N–H and O–H groups in total. The average molecular weight is 308 g/mol. The Morgan fingerprint density at radius 2 is 2.11 bits per heavy atom. The maximum Gasteiger partial charge on any atom is 0.341 e. The molecule has 1 aromatic rings. The number of halogens is 1. The molecule has 0 saturated heterocycles. The number of anilines is 1. The maximum absolute atomic E-state index is 11.7. The van der Waals surface area contributed by atoms with Crippen molar-refractivity contribution in [1.82, 2.24) is 9.71 Å². The number of nitrogens with one attached hydrogen (secondary N) is 2. The van der Waals surface area contributed by atoms with Crippen LogP contribution in [-0.4, -0.2) is 32.5 Å². The first-order chi connectivity index (χ1) is 8.75. The van der Waals surface area contributed by atoms with Gasteiger partial charge in [-0.1, -0.05) is 11.6 Å². The number of carbonyl (C=O) groups is 1. The van der Waals surface area contributed by atoms with Gasteiger partial charge in [-0.2, -0.15) is 13.1 Å². The van der Waals surface area contributed by atoms with E-state index in [1.54, 1.807) is 13.8 Å². The normalized spacial score (nSPS) is 11.4. The molecule has 0 bridgehead atoms. The summed E-state index contributed by atoms with van der Waals surface area (Å²) in [6.45, 7) is 3.32. The Bertz CT molecular complexity index is 574. The van der Waals surface area contributed by atoms with E-state index in [-0.39, 0.29) is 22.4 Å². The van der Waals surface area contributed by atoms with E-state index >= 15 is 0 Å². The van der Waals surface area contributed by atoms with Gasteiger partial charge in [0.1, 0.15) is 5.56 Å². The summed E-state index contributed by atoms with van der Waals surface area (Å²) in [7, 11) is -2.65. The van der Waals surface area contributed by atoms with Crippen molar-refractivity contribution in [1.29, 1.82) is 0 Å². The molecular weight excluding hydrogens is 294 g/mol. The van der Waals surface area contributed by atoms with E-state index < -0.39 is 16.2 Å². The first kappa shape index (κ1) is 15.7. The van der Waals surface area contributed by atoms with Crippen molar-refractivity contribution in [3.8, 4) is 0 Å². The number of carbonyl (C=O) groups excluding carboxylic acids is 1. The van der Waals surface area contributed by atoms with Gasteiger partial charge in [-0.25, -0.2) is 9.78 Å². The molecule has 1 heterocycles. The van der Waals surface area contributed by atoms with Crippen LogP contribution in [0.25, 0.3) is 0 Å². The molecule has 1 aromatic heterocycles. The fourth-order valence-corrected chi connectivity index (χ4v) is 2.51. The number of ether oxygens (including phenoxy) is 1. The minimum absolute atomic E-state index is 0.0656. The number of methoxy groups -OCH3 is 1. The quantitative estimate of drug-likeness (QED) is 0.796. The lowest BCUT2D eigenvalue weighted by atomic mass is 10.2. The molecule has 0 saturated carbocycles. The van der Waals surface area contributed by atoms with Crippen LogP contribution in [0.4, 0.5) is 5.82 Å². The molecule has 7 nitrogen and oxygen atoms in total. The Labute approximate surface area is 116 Å². The van der Waals surface area contributed by atoms with E-state index in [0.29, 0.717) is 0 Å². The topological polar surface area (TPSA) is 97.4 Å². The summed E-state index contributed by atoms with van der Waals surface area (Å²) in [5, 5.41) is 0.195. The highest BCUT2D eigenvalue weighted by molar-refractivity contribution is 7.90. The summed E-state index contributed by atoms with van der Waals surface area (Å²) < 4.78 is 32.4. The molecule has 0 radical (unpaired) electrons. The molecule has 19 heavy (non-hydrogen) atoms. The lowest BCUT2D eigenvalue weighted by molar-refractivity contribution is 0.0601. The molecule has 0 atom stereocenters. The molecule has 1 rings (SSSR count). The average Bonchev–Trinajstić information content (AvgIpc) is 2.28. The summed E-state index contributed by atoms with van der Waals surface area (Å²) >= 11 is 5.71. The van der Waals surface area contributed by atoms with Crippen LogP contribution in [0.15, 0.2) is 12.3 Å². The second-order valence-corrected chi connectivity index (χ2v) is 5.80. The lowest BCUT2D eigenvalue weighted by Gasteiger charge is -2.13. The summed E-state index contributed by atoms with van der Waals surface area (Å²) in [6.07, 6.45) is 1.22. The minimum Gasteiger partial charge on any atom is -0.465 e. The fourth-order valence-electron chi connectivity index (χ4n) is 1.25. The van der Waals surface area contributed by atoms with Gasteiger partial charge in [-0.3, -0.25) is 4.72 Å². The molecule has 0 aliphatic heterocycles. The standard InChI is InChI=1S/C10H14ClN3O4S/c1-6(2)13-19(16,17)14-9-8(10(15)18-3)4-7(11)5-12-9/h4-6,13H,1-3H3,(H,12,14). The zero-order valence-corrected chi connectivity index (χ0v) is 12.2. The highest BCUT2D eigenvalue weighted by atomic mass is 35.5. The van der Waals surface area contributed by atoms with Crippen LogP contribution in [-0.2, 0) is 14.9 Å². The summed E-state index contributed by atoms with van der Waals surface area (Å²) in [5.74, 6) is -0.887. The first-order valence-corrected chi connectivity index (χ1v) is 7.15. The predicted octanol–water partition coefficient (Wildman–Crippen LogP) is 1.18. The molecule has 0 aromatic carbocycles. The number of aromatic nitrogens is 1. The van der Waals surface area contributed by atoms with Gasteiger partial charge in [0, 0.05) is 12.2 Å². The molecule has 0 aliphatic rings. The Balaban J connectivity index is 3.11. The smallest absolute Gasteiger partial charge is 0.341 e. The van der Waals surface area contributed by atoms with Crippen LogP contribution in [0.2, 0.25) is 5.02 Å². The van der Waals surface area contributed by atoms with E-state index in [1.165, 1.54) is 19.4 Å². The van der Waals surface area contributed by atoms with Crippen LogP contribution < -0.4 is 9.44 Å². The van der Waals surface area contributed by atoms with Crippen LogP contribution >= 0.6 is 11.6 Å². The second kappa shape index (κ2) is 6.18. The molecule has 0 spiro atoms. The van der Waals surface area contributed by atoms with Gasteiger partial charge in [0.05, 0.1) is 12.1 Å². The number of esters is 1. The number of hydrogen-bond donors (Lipinski definition) is 2. The van der Waals surface area contributed by atoms with Crippen molar-refractivity contribution in [2.24, 2.45) is 0 Å². The molecular formula is C10H14ClN3O4S. The number of pyridine rings is 1. The third-order valence-electron chi connectivity index (χ3n) is 1.88. The zero-order valence-electron chi connectivity index (χ0n) is 10.6. The highest BCUT2D eigenvalue weighted by Crippen LogP contribution is 2.19. The van der Waals surface area contributed by atoms with Gasteiger partial charge in [-0.05, 0) is 19.9 Å². The van der Waals surface area contributed by atoms with Crippen LogP contribution in [0, 0.1) is 0 Å². The van der Waals surface area contributed by atoms with Crippen molar-refractivity contribution in [3.05, 3.63) is 22.8 Å². The molecule has 0 amide bonds. The lowest BCUT2D eigenvalue weighted by Crippen LogP contribution is -2.35. The zero-order chi connectivity index (χ0) is 14.6. The van der Waals surface area contributed by atoms with Crippen molar-refractivity contribution in [3.63, 3.8) is 0 Å². The summed E-state index contributed by atoms with van der Waals surface area (Å²) in [6, 6.07) is 0.972. The monoisotopic (exact) mass is 307 g/mol. The van der Waals surface area contributed by atoms with Crippen molar-refractivity contribution < 1.29 is 17.9 Å². The minimum atomic E-state index is -3.82. The van der Waals surface area contributed by atoms with E-state index in [1.807, 2.05) is 0 Å². The fraction of sp³-hybridized carbons (Fsp3) is 0.400. The van der Waals surface area contributed by atoms with E-state index in [4.69, 9.17) is 11.6 Å². The van der Waals surface area contributed by atoms with Gasteiger partial charge in [-0.15, -0.1) is 0 Å². The van der Waals surface area contributed by atoms with Gasteiger partial charge in [0.25, 0.3) is 0 Å². The third kappa shape index (κ3) is 4.66. The van der Waals surface area contributed by atoms with E-state index in [2.05, 4.69) is 19.2 Å². The second-order valence-electron chi connectivity index (χ2n) is 3.92. The summed E-state index contributed by atoms with van der Waals surface area (Å²) in [5.41, 5.74) is -0.0656. The number of rotatable bonds is 5. The highest BCUT2D eigenvalue weighted by Gasteiger charge is 2.19. The summed E-state index contributed by atoms with van der Waals surface area (Å²) in [4.78, 5) is 15.3. The van der Waals surface area contributed by atoms with Gasteiger partial charge < -0.3 is 4.74 Å². The third-order valence-corrected chi connectivity index (χ3v) is 3.33. The van der Waals surface area contributed by atoms with Gasteiger partial charge in [0.2, 0.25) is 0 Å². The van der Waals surface area contributed by atoms with Crippen molar-refractivity contribution in [2.75, 3.05) is 11.8 Å².